The molecule has 13 heteroatoms. The predicted octanol–water partition coefficient (Wildman–Crippen LogP) is 6.27. The molecule has 0 radical (unpaired) electrons. The van der Waals surface area contributed by atoms with Crippen molar-refractivity contribution in [2.75, 3.05) is 6.61 Å². The molecule has 4 rings (SSSR count). The first-order chi connectivity index (χ1) is 25.0. The van der Waals surface area contributed by atoms with Gasteiger partial charge in [-0.1, -0.05) is 96.8 Å². The lowest BCUT2D eigenvalue weighted by Gasteiger charge is -2.39. The molecule has 0 unspecified atom stereocenters. The molecule has 1 fully saturated rings. The average molecular weight is 731 g/mol. The first-order valence-corrected chi connectivity index (χ1v) is 18.6. The van der Waals surface area contributed by atoms with E-state index in [9.17, 15) is 45.3 Å². The van der Waals surface area contributed by atoms with E-state index < -0.39 is 82.8 Å². The van der Waals surface area contributed by atoms with Crippen LogP contribution in [0.3, 0.4) is 0 Å². The number of rotatable bonds is 21. The first-order valence-electron chi connectivity index (χ1n) is 18.6. The van der Waals surface area contributed by atoms with Crippen LogP contribution in [-0.2, 0) is 14.3 Å². The Labute approximate surface area is 303 Å². The lowest BCUT2D eigenvalue weighted by atomic mass is 9.99. The SMILES string of the molecule is CCCCCCCCCCCCCCCCCC(=O)OC[C@H]1O[C@@H](Oc2c(-c3ccc(O)c(O)c3)oc3cc(O)cc(O)c3c2=O)[C@H](O)[C@@H](O)[C@@H]1O. The molecule has 3 aromatic rings. The zero-order valence-electron chi connectivity index (χ0n) is 29.9. The van der Waals surface area contributed by atoms with Gasteiger partial charge in [0.15, 0.2) is 17.3 Å². The number of fused-ring (bicyclic) bond motifs is 1. The molecule has 13 nitrogen and oxygen atoms in total. The van der Waals surface area contributed by atoms with E-state index in [2.05, 4.69) is 6.92 Å². The molecule has 1 aliphatic rings. The smallest absolute Gasteiger partial charge is 0.305 e. The molecule has 1 aliphatic heterocycles. The Morgan fingerprint density at radius 1 is 0.712 bits per heavy atom. The standard InChI is InChI=1S/C39H54O13/c1-2-3-4-5-6-7-8-9-10-11-12-13-14-15-16-17-31(44)49-23-30-33(45)35(47)36(48)39(51-30)52-38-34(46)32-28(43)21-25(40)22-29(32)50-37(38)24-18-19-26(41)27(42)20-24/h18-22,30,33,35-36,39-43,45,47-48H,2-17,23H2,1H3/t30-,33-,35+,36-,39+/m1/s1. The third kappa shape index (κ3) is 11.2. The maximum absolute atomic E-state index is 13.7. The second-order valence-corrected chi connectivity index (χ2v) is 13.6. The summed E-state index contributed by atoms with van der Waals surface area (Å²) in [6, 6.07) is 5.44. The van der Waals surface area contributed by atoms with Gasteiger partial charge in [0.05, 0.1) is 0 Å². The Hall–Kier alpha value is -4.04. The summed E-state index contributed by atoms with van der Waals surface area (Å²) < 4.78 is 22.6. The highest BCUT2D eigenvalue weighted by Gasteiger charge is 2.46. The predicted molar refractivity (Wildman–Crippen MR) is 192 cm³/mol. The molecule has 52 heavy (non-hydrogen) atoms. The number of aliphatic hydroxyl groups is 3. The van der Waals surface area contributed by atoms with Crippen molar-refractivity contribution in [2.24, 2.45) is 0 Å². The molecule has 0 bridgehead atoms. The number of aromatic hydroxyl groups is 4. The third-order valence-electron chi connectivity index (χ3n) is 9.45. The van der Waals surface area contributed by atoms with Gasteiger partial charge in [-0.15, -0.1) is 0 Å². The van der Waals surface area contributed by atoms with Crippen LogP contribution in [-0.4, -0.2) is 79.0 Å². The van der Waals surface area contributed by atoms with E-state index in [0.29, 0.717) is 6.42 Å². The van der Waals surface area contributed by atoms with Crippen molar-refractivity contribution in [2.45, 2.75) is 140 Å². The highest BCUT2D eigenvalue weighted by Crippen LogP contribution is 2.39. The largest absolute Gasteiger partial charge is 0.508 e. The fourth-order valence-corrected chi connectivity index (χ4v) is 6.39. The molecular weight excluding hydrogens is 676 g/mol. The maximum atomic E-state index is 13.7. The maximum Gasteiger partial charge on any atom is 0.305 e. The molecule has 2 aromatic carbocycles. The molecule has 5 atom stereocenters. The van der Waals surface area contributed by atoms with Gasteiger partial charge in [0.2, 0.25) is 17.5 Å². The van der Waals surface area contributed by atoms with Crippen LogP contribution in [0.1, 0.15) is 110 Å². The summed E-state index contributed by atoms with van der Waals surface area (Å²) in [5.74, 6) is -3.59. The molecule has 0 amide bonds. The van der Waals surface area contributed by atoms with Gasteiger partial charge in [-0.05, 0) is 24.6 Å². The third-order valence-corrected chi connectivity index (χ3v) is 9.45. The molecule has 7 N–H and O–H groups in total. The van der Waals surface area contributed by atoms with Crippen molar-refractivity contribution in [3.05, 3.63) is 40.6 Å². The molecule has 0 spiro atoms. The van der Waals surface area contributed by atoms with Crippen LogP contribution in [0.5, 0.6) is 28.7 Å². The summed E-state index contributed by atoms with van der Waals surface area (Å²) in [6.45, 7) is 1.76. The highest BCUT2D eigenvalue weighted by atomic mass is 16.7. The molecule has 0 saturated carbocycles. The summed E-state index contributed by atoms with van der Waals surface area (Å²) in [4.78, 5) is 26.1. The van der Waals surface area contributed by atoms with E-state index in [4.69, 9.17) is 18.6 Å². The zero-order valence-corrected chi connectivity index (χ0v) is 29.9. The van der Waals surface area contributed by atoms with Crippen molar-refractivity contribution in [3.8, 4) is 40.1 Å². The van der Waals surface area contributed by atoms with Crippen LogP contribution in [0.2, 0.25) is 0 Å². The number of phenols is 4. The van der Waals surface area contributed by atoms with Gasteiger partial charge in [-0.25, -0.2) is 0 Å². The Morgan fingerprint density at radius 2 is 1.31 bits per heavy atom. The lowest BCUT2D eigenvalue weighted by Crippen LogP contribution is -2.60. The normalized spacial score (nSPS) is 20.3. The van der Waals surface area contributed by atoms with Crippen molar-refractivity contribution < 1.29 is 59.2 Å². The molecule has 288 valence electrons. The number of carbonyl (C=O) groups excluding carboxylic acids is 1. The number of unbranched alkanes of at least 4 members (excludes halogenated alkanes) is 14. The Balaban J connectivity index is 1.28. The van der Waals surface area contributed by atoms with E-state index in [1.54, 1.807) is 0 Å². The number of phenolic OH excluding ortho intramolecular Hbond substituents is 4. The lowest BCUT2D eigenvalue weighted by molar-refractivity contribution is -0.278. The van der Waals surface area contributed by atoms with Crippen LogP contribution in [0.4, 0.5) is 0 Å². The molecule has 2 heterocycles. The number of ether oxygens (including phenoxy) is 3. The van der Waals surface area contributed by atoms with Crippen molar-refractivity contribution in [1.29, 1.82) is 0 Å². The van der Waals surface area contributed by atoms with Crippen LogP contribution in [0.15, 0.2) is 39.5 Å². The second kappa shape index (κ2) is 20.3. The monoisotopic (exact) mass is 730 g/mol. The fourth-order valence-electron chi connectivity index (χ4n) is 6.39. The number of esters is 1. The molecule has 1 saturated heterocycles. The van der Waals surface area contributed by atoms with Crippen LogP contribution in [0, 0.1) is 0 Å². The van der Waals surface area contributed by atoms with Gasteiger partial charge in [-0.3, -0.25) is 9.59 Å². The molecule has 0 aliphatic carbocycles. The molecular formula is C39H54O13. The van der Waals surface area contributed by atoms with E-state index >= 15 is 0 Å². The first kappa shape index (κ1) is 40.7. The zero-order chi connectivity index (χ0) is 37.6. The molecule has 1 aromatic heterocycles. The quantitative estimate of drug-likeness (QED) is 0.0366. The van der Waals surface area contributed by atoms with Gasteiger partial charge in [0.1, 0.15) is 53.5 Å². The van der Waals surface area contributed by atoms with Gasteiger partial charge < -0.3 is 54.4 Å². The van der Waals surface area contributed by atoms with E-state index in [-0.39, 0.29) is 23.3 Å². The average Bonchev–Trinajstić information content (AvgIpc) is 3.11. The van der Waals surface area contributed by atoms with Crippen molar-refractivity contribution in [1.82, 2.24) is 0 Å². The topological polar surface area (TPSA) is 217 Å². The number of hydrogen-bond donors (Lipinski definition) is 7. The van der Waals surface area contributed by atoms with Crippen LogP contribution < -0.4 is 10.2 Å². The fraction of sp³-hybridized carbons (Fsp3) is 0.590. The Bertz CT molecular complexity index is 1640. The van der Waals surface area contributed by atoms with Crippen molar-refractivity contribution >= 4 is 16.9 Å². The highest BCUT2D eigenvalue weighted by molar-refractivity contribution is 5.88. The Kier molecular flexibility index (Phi) is 15.9. The number of aliphatic hydroxyl groups excluding tert-OH is 3. The van der Waals surface area contributed by atoms with E-state index in [1.807, 2.05) is 0 Å². The van der Waals surface area contributed by atoms with E-state index in [0.717, 1.165) is 43.5 Å². The van der Waals surface area contributed by atoms with Crippen LogP contribution >= 0.6 is 0 Å². The summed E-state index contributed by atoms with van der Waals surface area (Å²) in [6.07, 6.45) is 9.54. The Morgan fingerprint density at radius 3 is 1.90 bits per heavy atom. The number of benzene rings is 2. The summed E-state index contributed by atoms with van der Waals surface area (Å²) in [5, 5.41) is 71.9. The second-order valence-electron chi connectivity index (χ2n) is 13.6. The minimum atomic E-state index is -1.90. The van der Waals surface area contributed by atoms with Gasteiger partial charge >= 0.3 is 5.97 Å². The summed E-state index contributed by atoms with van der Waals surface area (Å²) >= 11 is 0. The minimum absolute atomic E-state index is 0.0160. The van der Waals surface area contributed by atoms with Crippen molar-refractivity contribution in [3.63, 3.8) is 0 Å². The number of hydrogen-bond acceptors (Lipinski definition) is 13. The van der Waals surface area contributed by atoms with Crippen LogP contribution in [0.25, 0.3) is 22.3 Å². The van der Waals surface area contributed by atoms with Gasteiger partial charge in [0, 0.05) is 24.1 Å². The van der Waals surface area contributed by atoms with Gasteiger partial charge in [-0.2, -0.15) is 0 Å². The van der Waals surface area contributed by atoms with Gasteiger partial charge in [0.25, 0.3) is 0 Å². The van der Waals surface area contributed by atoms with E-state index in [1.165, 1.54) is 76.7 Å². The minimum Gasteiger partial charge on any atom is -0.508 e. The number of carbonyl (C=O) groups is 1. The summed E-state index contributed by atoms with van der Waals surface area (Å²) in [5.41, 5.74) is -1.21. The summed E-state index contributed by atoms with van der Waals surface area (Å²) in [7, 11) is 0.